The van der Waals surface area contributed by atoms with E-state index in [4.69, 9.17) is 15.2 Å². The molecule has 0 bridgehead atoms. The minimum Gasteiger partial charge on any atom is -0.467 e. The van der Waals surface area contributed by atoms with E-state index in [1.165, 1.54) is 7.11 Å². The van der Waals surface area contributed by atoms with Crippen LogP contribution in [0.2, 0.25) is 0 Å². The lowest BCUT2D eigenvalue weighted by Gasteiger charge is -2.32. The van der Waals surface area contributed by atoms with Crippen molar-refractivity contribution in [2.75, 3.05) is 26.8 Å². The van der Waals surface area contributed by atoms with Crippen LogP contribution in [0.15, 0.2) is 30.3 Å². The second-order valence-electron chi connectivity index (χ2n) is 7.12. The van der Waals surface area contributed by atoms with Crippen molar-refractivity contribution in [3.05, 3.63) is 35.9 Å². The van der Waals surface area contributed by atoms with E-state index < -0.39 is 17.6 Å². The number of methoxy groups -OCH3 is 1. The highest BCUT2D eigenvalue weighted by Crippen LogP contribution is 2.28. The average molecular weight is 428 g/mol. The van der Waals surface area contributed by atoms with Gasteiger partial charge in [-0.25, -0.2) is 4.79 Å². The van der Waals surface area contributed by atoms with Crippen LogP contribution in [0.1, 0.15) is 31.7 Å². The molecule has 2 rings (SSSR count). The molecule has 0 spiro atoms. The number of carbonyl (C=O) groups is 3. The zero-order valence-corrected chi connectivity index (χ0v) is 17.7. The van der Waals surface area contributed by atoms with Gasteiger partial charge in [-0.3, -0.25) is 14.5 Å². The number of rotatable bonds is 10. The second-order valence-corrected chi connectivity index (χ2v) is 7.12. The normalized spacial score (nSPS) is 19.8. The third-order valence-electron chi connectivity index (χ3n) is 5.15. The van der Waals surface area contributed by atoms with E-state index in [0.29, 0.717) is 26.1 Å². The van der Waals surface area contributed by atoms with E-state index in [1.54, 1.807) is 6.92 Å². The molecule has 162 valence electrons. The van der Waals surface area contributed by atoms with E-state index in [2.05, 4.69) is 5.32 Å². The number of nitrogens with one attached hydrogen (secondary N) is 1. The highest BCUT2D eigenvalue weighted by Gasteiger charge is 2.41. The number of benzene rings is 1. The molecule has 0 radical (unpaired) electrons. The monoisotopic (exact) mass is 427 g/mol. The molecule has 2 amide bonds. The number of nitrogens with two attached hydrogens (primary N) is 1. The Bertz CT molecular complexity index is 688. The van der Waals surface area contributed by atoms with Gasteiger partial charge in [-0.15, -0.1) is 12.4 Å². The van der Waals surface area contributed by atoms with Crippen molar-refractivity contribution in [1.29, 1.82) is 0 Å². The molecule has 1 aliphatic heterocycles. The van der Waals surface area contributed by atoms with Crippen LogP contribution in [0.25, 0.3) is 0 Å². The van der Waals surface area contributed by atoms with Gasteiger partial charge >= 0.3 is 5.97 Å². The Balaban J connectivity index is 0.00000420. The molecule has 0 aromatic heterocycles. The van der Waals surface area contributed by atoms with Crippen LogP contribution in [0.4, 0.5) is 0 Å². The third-order valence-corrected chi connectivity index (χ3v) is 5.15. The van der Waals surface area contributed by atoms with Gasteiger partial charge in [0.25, 0.3) is 0 Å². The van der Waals surface area contributed by atoms with E-state index in [-0.39, 0.29) is 37.2 Å². The molecule has 1 aliphatic rings. The molecule has 3 N–H and O–H groups in total. The maximum atomic E-state index is 12.3. The fraction of sp³-hybridized carbons (Fsp3) is 0.550. The summed E-state index contributed by atoms with van der Waals surface area (Å²) in [6.07, 6.45) is 1.69. The topological polar surface area (TPSA) is 111 Å². The quantitative estimate of drug-likeness (QED) is 0.539. The Morgan fingerprint density at radius 1 is 1.28 bits per heavy atom. The number of halogens is 1. The number of hydrogen-bond acceptors (Lipinski definition) is 6. The summed E-state index contributed by atoms with van der Waals surface area (Å²) in [6.45, 7) is 3.25. The molecule has 0 saturated carbocycles. The molecule has 1 fully saturated rings. The zero-order valence-electron chi connectivity index (χ0n) is 16.9. The Hall–Kier alpha value is -2.16. The van der Waals surface area contributed by atoms with Crippen LogP contribution < -0.4 is 11.1 Å². The Morgan fingerprint density at radius 3 is 2.59 bits per heavy atom. The second kappa shape index (κ2) is 11.7. The predicted molar refractivity (Wildman–Crippen MR) is 110 cm³/mol. The van der Waals surface area contributed by atoms with E-state index >= 15 is 0 Å². The fourth-order valence-corrected chi connectivity index (χ4v) is 3.34. The number of nitrogens with zero attached hydrogens (tertiary/aromatic N) is 1. The largest absolute Gasteiger partial charge is 0.467 e. The van der Waals surface area contributed by atoms with Crippen molar-refractivity contribution in [3.63, 3.8) is 0 Å². The van der Waals surface area contributed by atoms with Crippen molar-refractivity contribution in [3.8, 4) is 0 Å². The van der Waals surface area contributed by atoms with Gasteiger partial charge in [-0.05, 0) is 31.9 Å². The predicted octanol–water partition coefficient (Wildman–Crippen LogP) is 1.01. The number of amides is 2. The van der Waals surface area contributed by atoms with Crippen molar-refractivity contribution in [2.45, 2.75) is 44.4 Å². The number of likely N-dealkylation sites (tertiary alicyclic amines) is 1. The van der Waals surface area contributed by atoms with Gasteiger partial charge in [0.15, 0.2) is 6.04 Å². The lowest BCUT2D eigenvalue weighted by Crippen LogP contribution is -2.52. The van der Waals surface area contributed by atoms with Crippen LogP contribution in [0.3, 0.4) is 0 Å². The number of carbonyl (C=O) groups excluding carboxylic acids is 3. The lowest BCUT2D eigenvalue weighted by atomic mass is 9.98. The summed E-state index contributed by atoms with van der Waals surface area (Å²) in [7, 11) is 1.27. The lowest BCUT2D eigenvalue weighted by molar-refractivity contribution is -0.147. The molecule has 0 aliphatic carbocycles. The zero-order chi connectivity index (χ0) is 20.6. The van der Waals surface area contributed by atoms with Gasteiger partial charge < -0.3 is 20.5 Å². The van der Waals surface area contributed by atoms with Gasteiger partial charge in [-0.1, -0.05) is 30.3 Å². The molecule has 1 saturated heterocycles. The molecule has 2 unspecified atom stereocenters. The van der Waals surface area contributed by atoms with Crippen LogP contribution in [-0.2, 0) is 30.5 Å². The summed E-state index contributed by atoms with van der Waals surface area (Å²) in [4.78, 5) is 37.9. The van der Waals surface area contributed by atoms with Crippen molar-refractivity contribution in [2.24, 2.45) is 5.73 Å². The minimum atomic E-state index is -0.887. The first kappa shape index (κ1) is 24.9. The SMILES string of the molecule is COC(=O)C(COCc1ccccc1)NC(=O)CCN1CCCC1(C)C(N)=O.Cl. The first-order valence-electron chi connectivity index (χ1n) is 9.40. The smallest absolute Gasteiger partial charge is 0.330 e. The fourth-order valence-electron chi connectivity index (χ4n) is 3.34. The maximum Gasteiger partial charge on any atom is 0.330 e. The molecule has 1 aromatic carbocycles. The van der Waals surface area contributed by atoms with E-state index in [0.717, 1.165) is 12.0 Å². The summed E-state index contributed by atoms with van der Waals surface area (Å²) < 4.78 is 10.3. The minimum absolute atomic E-state index is 0. The van der Waals surface area contributed by atoms with Crippen LogP contribution in [0.5, 0.6) is 0 Å². The van der Waals surface area contributed by atoms with Crippen molar-refractivity contribution < 1.29 is 23.9 Å². The molecule has 29 heavy (non-hydrogen) atoms. The summed E-state index contributed by atoms with van der Waals surface area (Å²) >= 11 is 0. The molecule has 2 atom stereocenters. The van der Waals surface area contributed by atoms with E-state index in [1.807, 2.05) is 35.2 Å². The standard InChI is InChI=1S/C20H29N3O5.ClH/c1-20(19(21)26)10-6-11-23(20)12-9-17(24)22-16(18(25)27-2)14-28-13-15-7-4-3-5-8-15;/h3-5,7-8,16H,6,9-14H2,1-2H3,(H2,21,26)(H,22,24);1H. The molecule has 8 nitrogen and oxygen atoms in total. The van der Waals surface area contributed by atoms with Gasteiger partial charge in [0.05, 0.1) is 25.9 Å². The van der Waals surface area contributed by atoms with Crippen molar-refractivity contribution >= 4 is 30.2 Å². The van der Waals surface area contributed by atoms with Gasteiger partial charge in [-0.2, -0.15) is 0 Å². The maximum absolute atomic E-state index is 12.3. The molecule has 1 aromatic rings. The first-order chi connectivity index (χ1) is 13.4. The molecular formula is C20H30ClN3O5. The average Bonchev–Trinajstić information content (AvgIpc) is 3.08. The summed E-state index contributed by atoms with van der Waals surface area (Å²) in [5.74, 6) is -1.26. The Morgan fingerprint density at radius 2 is 1.97 bits per heavy atom. The highest BCUT2D eigenvalue weighted by atomic mass is 35.5. The molecule has 1 heterocycles. The van der Waals surface area contributed by atoms with Crippen LogP contribution in [-0.4, -0.2) is 61.1 Å². The third kappa shape index (κ3) is 6.99. The van der Waals surface area contributed by atoms with Gasteiger partial charge in [0, 0.05) is 13.0 Å². The summed E-state index contributed by atoms with van der Waals surface area (Å²) in [5.41, 5.74) is 5.76. The van der Waals surface area contributed by atoms with Gasteiger partial charge in [0.2, 0.25) is 11.8 Å². The molecule has 9 heteroatoms. The Kier molecular flexibility index (Phi) is 10.1. The van der Waals surface area contributed by atoms with E-state index in [9.17, 15) is 14.4 Å². The van der Waals surface area contributed by atoms with Crippen LogP contribution in [0, 0.1) is 0 Å². The number of hydrogen-bond donors (Lipinski definition) is 2. The van der Waals surface area contributed by atoms with Gasteiger partial charge in [0.1, 0.15) is 0 Å². The van der Waals surface area contributed by atoms with Crippen LogP contribution >= 0.6 is 12.4 Å². The number of ether oxygens (including phenoxy) is 2. The highest BCUT2D eigenvalue weighted by molar-refractivity contribution is 5.86. The molecular weight excluding hydrogens is 398 g/mol. The Labute approximate surface area is 177 Å². The summed E-state index contributed by atoms with van der Waals surface area (Å²) in [6, 6.07) is 8.65. The summed E-state index contributed by atoms with van der Waals surface area (Å²) in [5, 5.41) is 2.65. The first-order valence-corrected chi connectivity index (χ1v) is 9.40. The number of esters is 1. The number of primary amides is 1. The van der Waals surface area contributed by atoms with Crippen molar-refractivity contribution in [1.82, 2.24) is 10.2 Å².